The van der Waals surface area contributed by atoms with Crippen molar-refractivity contribution in [3.8, 4) is 11.3 Å². The van der Waals surface area contributed by atoms with Crippen molar-refractivity contribution in [1.29, 1.82) is 0 Å². The first-order valence-electron chi connectivity index (χ1n) is 8.79. The molecule has 2 bridgehead atoms. The zero-order valence-corrected chi connectivity index (χ0v) is 16.4. The summed E-state index contributed by atoms with van der Waals surface area (Å²) in [5.41, 5.74) is 3.44. The average molecular weight is 394 g/mol. The Bertz CT molecular complexity index is 742. The van der Waals surface area contributed by atoms with Gasteiger partial charge in [0.25, 0.3) is 5.91 Å². The molecule has 0 aliphatic carbocycles. The lowest BCUT2D eigenvalue weighted by Crippen LogP contribution is -2.48. The van der Waals surface area contributed by atoms with Gasteiger partial charge in [-0.25, -0.2) is 0 Å². The van der Waals surface area contributed by atoms with Crippen molar-refractivity contribution in [3.63, 3.8) is 0 Å². The first-order valence-corrected chi connectivity index (χ1v) is 8.79. The number of nitrogens with one attached hydrogen (secondary N) is 2. The summed E-state index contributed by atoms with van der Waals surface area (Å²) in [5.74, 6) is 0.00547. The smallest absolute Gasteiger partial charge is 0.253 e. The molecule has 3 heterocycles. The van der Waals surface area contributed by atoms with Crippen LogP contribution in [0.4, 0.5) is 0 Å². The third kappa shape index (κ3) is 4.37. The summed E-state index contributed by atoms with van der Waals surface area (Å²) in [6.45, 7) is 1.91. The lowest BCUT2D eigenvalue weighted by Gasteiger charge is -2.29. The van der Waals surface area contributed by atoms with Crippen LogP contribution in [0.15, 0.2) is 42.5 Å². The number of carbonyl (C=O) groups excluding carboxylic acids is 1. The van der Waals surface area contributed by atoms with E-state index >= 15 is 0 Å². The van der Waals surface area contributed by atoms with Crippen LogP contribution in [0.5, 0.6) is 0 Å². The molecular formula is C20H25Cl2N3O. The fraction of sp³-hybridized carbons (Fsp3) is 0.400. The summed E-state index contributed by atoms with van der Waals surface area (Å²) >= 11 is 0. The van der Waals surface area contributed by atoms with Gasteiger partial charge in [0.1, 0.15) is 0 Å². The van der Waals surface area contributed by atoms with Crippen molar-refractivity contribution < 1.29 is 4.79 Å². The summed E-state index contributed by atoms with van der Waals surface area (Å²) in [4.78, 5) is 17.3. The third-order valence-electron chi connectivity index (χ3n) is 5.21. The number of amides is 1. The standard InChI is InChI=1S/C20H23N3O.2ClH/c1-13-18(9-10-19(21-13)14-5-3-2-4-6-14)20(24)23-17-11-15-7-8-16(12-17)22-15;;/h2-6,9-10,15-17,22H,7-8,11-12H2,1H3,(H,23,24);2*1H. The minimum atomic E-state index is 0. The minimum absolute atomic E-state index is 0. The molecule has 26 heavy (non-hydrogen) atoms. The number of benzene rings is 1. The molecule has 2 unspecified atom stereocenters. The van der Waals surface area contributed by atoms with E-state index in [4.69, 9.17) is 0 Å². The predicted octanol–water partition coefficient (Wildman–Crippen LogP) is 3.91. The van der Waals surface area contributed by atoms with E-state index in [0.29, 0.717) is 17.6 Å². The van der Waals surface area contributed by atoms with E-state index in [0.717, 1.165) is 29.8 Å². The van der Waals surface area contributed by atoms with Crippen molar-refractivity contribution >= 4 is 30.7 Å². The van der Waals surface area contributed by atoms with E-state index in [1.165, 1.54) is 12.8 Å². The van der Waals surface area contributed by atoms with E-state index in [2.05, 4.69) is 15.6 Å². The molecule has 2 saturated heterocycles. The molecule has 140 valence electrons. The number of piperidine rings is 1. The highest BCUT2D eigenvalue weighted by Gasteiger charge is 2.34. The van der Waals surface area contributed by atoms with Crippen LogP contribution in [0.1, 0.15) is 41.7 Å². The summed E-state index contributed by atoms with van der Waals surface area (Å²) in [6.07, 6.45) is 4.56. The quantitative estimate of drug-likeness (QED) is 0.830. The van der Waals surface area contributed by atoms with E-state index < -0.39 is 0 Å². The fourth-order valence-electron chi connectivity index (χ4n) is 4.01. The van der Waals surface area contributed by atoms with Gasteiger partial charge in [-0.05, 0) is 44.7 Å². The molecule has 4 rings (SSSR count). The van der Waals surface area contributed by atoms with Crippen molar-refractivity contribution in [2.45, 2.75) is 50.7 Å². The number of fused-ring (bicyclic) bond motifs is 2. The molecule has 0 saturated carbocycles. The van der Waals surface area contributed by atoms with Gasteiger partial charge in [0.05, 0.1) is 17.0 Å². The van der Waals surface area contributed by atoms with Gasteiger partial charge in [0.2, 0.25) is 0 Å². The van der Waals surface area contributed by atoms with Gasteiger partial charge in [-0.1, -0.05) is 30.3 Å². The molecule has 2 aromatic rings. The molecule has 2 atom stereocenters. The highest BCUT2D eigenvalue weighted by molar-refractivity contribution is 5.95. The van der Waals surface area contributed by atoms with E-state index in [9.17, 15) is 4.79 Å². The number of carbonyl (C=O) groups is 1. The monoisotopic (exact) mass is 393 g/mol. The normalized spacial score (nSPS) is 23.5. The number of pyridine rings is 1. The van der Waals surface area contributed by atoms with Gasteiger partial charge in [0.15, 0.2) is 0 Å². The zero-order chi connectivity index (χ0) is 16.5. The van der Waals surface area contributed by atoms with Crippen molar-refractivity contribution in [1.82, 2.24) is 15.6 Å². The van der Waals surface area contributed by atoms with Crippen LogP contribution in [0.25, 0.3) is 11.3 Å². The van der Waals surface area contributed by atoms with E-state index in [-0.39, 0.29) is 36.8 Å². The topological polar surface area (TPSA) is 54.0 Å². The Labute approximate surface area is 167 Å². The first-order chi connectivity index (χ1) is 11.7. The molecular weight excluding hydrogens is 369 g/mol. The molecule has 2 N–H and O–H groups in total. The highest BCUT2D eigenvalue weighted by Crippen LogP contribution is 2.27. The van der Waals surface area contributed by atoms with Gasteiger partial charge in [0, 0.05) is 23.7 Å². The second-order valence-electron chi connectivity index (χ2n) is 6.98. The van der Waals surface area contributed by atoms with Crippen LogP contribution in [-0.2, 0) is 0 Å². The number of hydrogen-bond acceptors (Lipinski definition) is 3. The van der Waals surface area contributed by atoms with Crippen LogP contribution < -0.4 is 10.6 Å². The number of aryl methyl sites for hydroxylation is 1. The van der Waals surface area contributed by atoms with Crippen LogP contribution >= 0.6 is 24.8 Å². The Balaban J connectivity index is 0.00000121. The van der Waals surface area contributed by atoms with Gasteiger partial charge >= 0.3 is 0 Å². The summed E-state index contributed by atoms with van der Waals surface area (Å²) in [5, 5.41) is 6.82. The lowest BCUT2D eigenvalue weighted by atomic mass is 9.99. The second kappa shape index (κ2) is 8.85. The molecule has 2 aliphatic heterocycles. The molecule has 2 aliphatic rings. The number of aromatic nitrogens is 1. The Morgan fingerprint density at radius 3 is 2.31 bits per heavy atom. The Morgan fingerprint density at radius 1 is 1.04 bits per heavy atom. The maximum absolute atomic E-state index is 12.6. The maximum atomic E-state index is 12.6. The third-order valence-corrected chi connectivity index (χ3v) is 5.21. The summed E-state index contributed by atoms with van der Waals surface area (Å²) in [6, 6.07) is 15.3. The molecule has 6 heteroatoms. The zero-order valence-electron chi connectivity index (χ0n) is 14.8. The van der Waals surface area contributed by atoms with Crippen LogP contribution in [0.2, 0.25) is 0 Å². The highest BCUT2D eigenvalue weighted by atomic mass is 35.5. The first kappa shape index (κ1) is 20.7. The molecule has 1 aromatic heterocycles. The largest absolute Gasteiger partial charge is 0.349 e. The second-order valence-corrected chi connectivity index (χ2v) is 6.98. The number of hydrogen-bond donors (Lipinski definition) is 2. The predicted molar refractivity (Wildman–Crippen MR) is 109 cm³/mol. The van der Waals surface area contributed by atoms with Crippen molar-refractivity contribution in [3.05, 3.63) is 53.7 Å². The van der Waals surface area contributed by atoms with Gasteiger partial charge < -0.3 is 10.6 Å². The van der Waals surface area contributed by atoms with Crippen LogP contribution in [0.3, 0.4) is 0 Å². The molecule has 2 fully saturated rings. The molecule has 0 radical (unpaired) electrons. The maximum Gasteiger partial charge on any atom is 0.253 e. The van der Waals surface area contributed by atoms with Crippen molar-refractivity contribution in [2.75, 3.05) is 0 Å². The van der Waals surface area contributed by atoms with Gasteiger partial charge in [-0.2, -0.15) is 0 Å². The van der Waals surface area contributed by atoms with Crippen molar-refractivity contribution in [2.24, 2.45) is 0 Å². The Morgan fingerprint density at radius 2 is 1.69 bits per heavy atom. The van der Waals surface area contributed by atoms with E-state index in [1.807, 2.05) is 49.4 Å². The lowest BCUT2D eigenvalue weighted by molar-refractivity contribution is 0.0923. The minimum Gasteiger partial charge on any atom is -0.349 e. The van der Waals surface area contributed by atoms with E-state index in [1.54, 1.807) is 0 Å². The SMILES string of the molecule is Cc1nc(-c2ccccc2)ccc1C(=O)NC1CC2CCC(C1)N2.Cl.Cl. The van der Waals surface area contributed by atoms with Gasteiger partial charge in [-0.3, -0.25) is 9.78 Å². The Kier molecular flexibility index (Phi) is 7.04. The number of rotatable bonds is 3. The molecule has 0 spiro atoms. The average Bonchev–Trinajstić information content (AvgIpc) is 2.94. The molecule has 4 nitrogen and oxygen atoms in total. The summed E-state index contributed by atoms with van der Waals surface area (Å²) in [7, 11) is 0. The molecule has 1 amide bonds. The van der Waals surface area contributed by atoms with Crippen LogP contribution in [0, 0.1) is 6.92 Å². The van der Waals surface area contributed by atoms with Crippen LogP contribution in [-0.4, -0.2) is 29.0 Å². The number of nitrogens with zero attached hydrogens (tertiary/aromatic N) is 1. The number of halogens is 2. The fourth-order valence-corrected chi connectivity index (χ4v) is 4.01. The summed E-state index contributed by atoms with van der Waals surface area (Å²) < 4.78 is 0. The Hall–Kier alpha value is -1.62. The van der Waals surface area contributed by atoms with Gasteiger partial charge in [-0.15, -0.1) is 24.8 Å². The molecule has 1 aromatic carbocycles.